The zero-order valence-corrected chi connectivity index (χ0v) is 12.2. The number of para-hydroxylation sites is 1. The highest BCUT2D eigenvalue weighted by molar-refractivity contribution is 6.00. The Bertz CT molecular complexity index is 479. The molecule has 110 valence electrons. The first-order chi connectivity index (χ1) is 9.20. The minimum absolute atomic E-state index is 0. The van der Waals surface area contributed by atoms with Crippen molar-refractivity contribution in [2.75, 3.05) is 6.61 Å². The number of nitrogens with one attached hydrogen (secondary N) is 2. The van der Waals surface area contributed by atoms with Crippen molar-refractivity contribution in [3.8, 4) is 5.75 Å². The minimum Gasteiger partial charge on any atom is -0.494 e. The van der Waals surface area contributed by atoms with Crippen molar-refractivity contribution in [2.24, 2.45) is 0 Å². The second-order valence-corrected chi connectivity index (χ2v) is 4.43. The SMILES string of the molecule is CCOc1ccccc1CNC1CCC(=O)NC1=O.Cl. The average molecular weight is 299 g/mol. The smallest absolute Gasteiger partial charge is 0.243 e. The molecule has 0 bridgehead atoms. The molecule has 1 aliphatic heterocycles. The van der Waals surface area contributed by atoms with Crippen LogP contribution in [-0.2, 0) is 16.1 Å². The third-order valence-corrected chi connectivity index (χ3v) is 3.05. The maximum atomic E-state index is 11.6. The van der Waals surface area contributed by atoms with Crippen LogP contribution in [0.5, 0.6) is 5.75 Å². The van der Waals surface area contributed by atoms with Gasteiger partial charge in [-0.05, 0) is 19.4 Å². The highest BCUT2D eigenvalue weighted by atomic mass is 35.5. The fourth-order valence-electron chi connectivity index (χ4n) is 2.07. The first-order valence-electron chi connectivity index (χ1n) is 6.48. The summed E-state index contributed by atoms with van der Waals surface area (Å²) < 4.78 is 5.53. The molecule has 1 atom stereocenters. The van der Waals surface area contributed by atoms with Crippen LogP contribution >= 0.6 is 12.4 Å². The first kappa shape index (κ1) is 16.5. The molecule has 1 saturated heterocycles. The van der Waals surface area contributed by atoms with Gasteiger partial charge in [0.15, 0.2) is 0 Å². The molecule has 5 nitrogen and oxygen atoms in total. The van der Waals surface area contributed by atoms with Crippen molar-refractivity contribution in [1.82, 2.24) is 10.6 Å². The summed E-state index contributed by atoms with van der Waals surface area (Å²) in [5.41, 5.74) is 1.01. The summed E-state index contributed by atoms with van der Waals surface area (Å²) in [6.07, 6.45) is 0.929. The van der Waals surface area contributed by atoms with Gasteiger partial charge in [-0.25, -0.2) is 0 Å². The molecule has 1 heterocycles. The molecule has 2 N–H and O–H groups in total. The van der Waals surface area contributed by atoms with Crippen molar-refractivity contribution in [3.05, 3.63) is 29.8 Å². The number of halogens is 1. The molecule has 0 aromatic heterocycles. The Balaban J connectivity index is 0.00000200. The highest BCUT2D eigenvalue weighted by Crippen LogP contribution is 2.18. The van der Waals surface area contributed by atoms with Gasteiger partial charge in [0.1, 0.15) is 5.75 Å². The van der Waals surface area contributed by atoms with Crippen LogP contribution < -0.4 is 15.4 Å². The number of ether oxygens (including phenoxy) is 1. The van der Waals surface area contributed by atoms with Gasteiger partial charge in [0.25, 0.3) is 0 Å². The number of carbonyl (C=O) groups is 2. The summed E-state index contributed by atoms with van der Waals surface area (Å²) >= 11 is 0. The Labute approximate surface area is 124 Å². The van der Waals surface area contributed by atoms with Gasteiger partial charge in [0.2, 0.25) is 11.8 Å². The molecule has 0 aliphatic carbocycles. The van der Waals surface area contributed by atoms with Gasteiger partial charge in [-0.3, -0.25) is 14.9 Å². The number of rotatable bonds is 5. The monoisotopic (exact) mass is 298 g/mol. The van der Waals surface area contributed by atoms with Gasteiger partial charge in [-0.15, -0.1) is 12.4 Å². The Morgan fingerprint density at radius 2 is 2.10 bits per heavy atom. The minimum atomic E-state index is -0.313. The Hall–Kier alpha value is -1.59. The van der Waals surface area contributed by atoms with Gasteiger partial charge >= 0.3 is 0 Å². The van der Waals surface area contributed by atoms with Crippen molar-refractivity contribution in [3.63, 3.8) is 0 Å². The van der Waals surface area contributed by atoms with E-state index < -0.39 is 0 Å². The molecule has 1 aromatic rings. The normalized spacial score (nSPS) is 18.1. The Morgan fingerprint density at radius 1 is 1.35 bits per heavy atom. The zero-order valence-electron chi connectivity index (χ0n) is 11.3. The zero-order chi connectivity index (χ0) is 13.7. The van der Waals surface area contributed by atoms with E-state index in [9.17, 15) is 9.59 Å². The van der Waals surface area contributed by atoms with E-state index in [4.69, 9.17) is 4.74 Å². The van der Waals surface area contributed by atoms with Gasteiger partial charge < -0.3 is 10.1 Å². The van der Waals surface area contributed by atoms with Gasteiger partial charge in [0, 0.05) is 18.5 Å². The number of hydrogen-bond acceptors (Lipinski definition) is 4. The summed E-state index contributed by atoms with van der Waals surface area (Å²) in [6.45, 7) is 3.09. The van der Waals surface area contributed by atoms with E-state index in [0.717, 1.165) is 11.3 Å². The van der Waals surface area contributed by atoms with Crippen LogP contribution in [0.1, 0.15) is 25.3 Å². The number of piperidine rings is 1. The lowest BCUT2D eigenvalue weighted by molar-refractivity contribution is -0.134. The van der Waals surface area contributed by atoms with Crippen LogP contribution in [0.25, 0.3) is 0 Å². The Kier molecular flexibility index (Phi) is 6.48. The number of hydrogen-bond donors (Lipinski definition) is 2. The summed E-state index contributed by atoms with van der Waals surface area (Å²) in [4.78, 5) is 22.7. The summed E-state index contributed by atoms with van der Waals surface area (Å²) in [7, 11) is 0. The van der Waals surface area contributed by atoms with Gasteiger partial charge in [-0.1, -0.05) is 18.2 Å². The number of benzene rings is 1. The molecule has 1 fully saturated rings. The van der Waals surface area contributed by atoms with Crippen LogP contribution in [0.15, 0.2) is 24.3 Å². The van der Waals surface area contributed by atoms with Crippen LogP contribution in [0.4, 0.5) is 0 Å². The van der Waals surface area contributed by atoms with E-state index in [1.54, 1.807) is 0 Å². The topological polar surface area (TPSA) is 67.4 Å². The molecule has 1 aliphatic rings. The summed E-state index contributed by atoms with van der Waals surface area (Å²) in [5.74, 6) is 0.382. The van der Waals surface area contributed by atoms with Crippen LogP contribution in [-0.4, -0.2) is 24.5 Å². The first-order valence-corrected chi connectivity index (χ1v) is 6.48. The fraction of sp³-hybridized carbons (Fsp3) is 0.429. The number of carbonyl (C=O) groups excluding carboxylic acids is 2. The number of imide groups is 1. The quantitative estimate of drug-likeness (QED) is 0.807. The van der Waals surface area contributed by atoms with E-state index in [0.29, 0.717) is 26.0 Å². The van der Waals surface area contributed by atoms with Crippen molar-refractivity contribution in [1.29, 1.82) is 0 Å². The molecular weight excluding hydrogens is 280 g/mol. The predicted octanol–water partition coefficient (Wildman–Crippen LogP) is 1.40. The molecule has 1 unspecified atom stereocenters. The van der Waals surface area contributed by atoms with E-state index >= 15 is 0 Å². The lowest BCUT2D eigenvalue weighted by atomic mass is 10.1. The molecule has 1 aromatic carbocycles. The maximum Gasteiger partial charge on any atom is 0.243 e. The molecular formula is C14H19ClN2O3. The van der Waals surface area contributed by atoms with Crippen molar-refractivity contribution in [2.45, 2.75) is 32.4 Å². The highest BCUT2D eigenvalue weighted by Gasteiger charge is 2.25. The van der Waals surface area contributed by atoms with Gasteiger partial charge in [0.05, 0.1) is 12.6 Å². The van der Waals surface area contributed by atoms with Crippen LogP contribution in [0, 0.1) is 0 Å². The fourth-order valence-corrected chi connectivity index (χ4v) is 2.07. The second-order valence-electron chi connectivity index (χ2n) is 4.43. The standard InChI is InChI=1S/C14H18N2O3.ClH/c1-2-19-12-6-4-3-5-10(12)9-15-11-7-8-13(17)16-14(11)18;/h3-6,11,15H,2,7-9H2,1H3,(H,16,17,18);1H. The molecule has 6 heteroatoms. The second kappa shape index (κ2) is 7.87. The molecule has 0 spiro atoms. The summed E-state index contributed by atoms with van der Waals surface area (Å²) in [6, 6.07) is 7.41. The van der Waals surface area contributed by atoms with Gasteiger partial charge in [-0.2, -0.15) is 0 Å². The van der Waals surface area contributed by atoms with E-state index in [-0.39, 0.29) is 30.3 Å². The molecule has 20 heavy (non-hydrogen) atoms. The third kappa shape index (κ3) is 4.21. The lowest BCUT2D eigenvalue weighted by Gasteiger charge is -2.22. The van der Waals surface area contributed by atoms with Crippen molar-refractivity contribution >= 4 is 24.2 Å². The maximum absolute atomic E-state index is 11.6. The lowest BCUT2D eigenvalue weighted by Crippen LogP contribution is -2.50. The molecule has 0 radical (unpaired) electrons. The van der Waals surface area contributed by atoms with Crippen LogP contribution in [0.3, 0.4) is 0 Å². The largest absolute Gasteiger partial charge is 0.494 e. The molecule has 2 rings (SSSR count). The molecule has 2 amide bonds. The third-order valence-electron chi connectivity index (χ3n) is 3.05. The summed E-state index contributed by atoms with van der Waals surface area (Å²) in [5, 5.41) is 5.50. The van der Waals surface area contributed by atoms with E-state index in [1.807, 2.05) is 31.2 Å². The van der Waals surface area contributed by atoms with Crippen molar-refractivity contribution < 1.29 is 14.3 Å². The van der Waals surface area contributed by atoms with Crippen LogP contribution in [0.2, 0.25) is 0 Å². The molecule has 0 saturated carbocycles. The van der Waals surface area contributed by atoms with E-state index in [2.05, 4.69) is 10.6 Å². The number of amides is 2. The average Bonchev–Trinajstić information content (AvgIpc) is 2.40. The predicted molar refractivity (Wildman–Crippen MR) is 77.9 cm³/mol. The van der Waals surface area contributed by atoms with E-state index in [1.165, 1.54) is 0 Å². The Morgan fingerprint density at radius 3 is 2.80 bits per heavy atom.